The molecule has 5 aromatic rings. The number of fused-ring (bicyclic) bond motifs is 1. The molecular weight excluding hydrogens is 498 g/mol. The van der Waals surface area contributed by atoms with E-state index in [4.69, 9.17) is 37.4 Å². The first-order valence-corrected chi connectivity index (χ1v) is 11.7. The molecule has 0 aliphatic heterocycles. The number of hydrogen-bond donors (Lipinski definition) is 2. The lowest BCUT2D eigenvalue weighted by Gasteiger charge is -2.09. The van der Waals surface area contributed by atoms with E-state index in [1.807, 2.05) is 61.5 Å². The lowest BCUT2D eigenvalue weighted by molar-refractivity contribution is 0.0951. The van der Waals surface area contributed by atoms with Crippen LogP contribution in [-0.2, 0) is 0 Å². The first-order valence-electron chi connectivity index (χ1n) is 10.9. The molecule has 0 aliphatic rings. The Labute approximate surface area is 217 Å². The number of methoxy groups -OCH3 is 1. The second-order valence-corrected chi connectivity index (χ2v) is 8.79. The summed E-state index contributed by atoms with van der Waals surface area (Å²) in [4.78, 5) is 17.2. The molecule has 36 heavy (non-hydrogen) atoms. The quantitative estimate of drug-likeness (QED) is 0.246. The molecule has 0 aliphatic carbocycles. The summed E-state index contributed by atoms with van der Waals surface area (Å²) in [6.07, 6.45) is 0. The van der Waals surface area contributed by atoms with E-state index in [-0.39, 0.29) is 10.9 Å². The van der Waals surface area contributed by atoms with Gasteiger partial charge < -0.3 is 18.9 Å². The molecule has 0 fully saturated rings. The van der Waals surface area contributed by atoms with Crippen LogP contribution < -0.4 is 15.4 Å². The number of hydrogen-bond acceptors (Lipinski definition) is 6. The fourth-order valence-electron chi connectivity index (χ4n) is 3.58. The summed E-state index contributed by atoms with van der Waals surface area (Å²) < 4.78 is 16.8. The van der Waals surface area contributed by atoms with Crippen molar-refractivity contribution in [2.45, 2.75) is 6.92 Å². The van der Waals surface area contributed by atoms with E-state index in [0.717, 1.165) is 16.7 Å². The number of amides is 1. The molecular formula is C27H20ClN3O4S. The van der Waals surface area contributed by atoms with Gasteiger partial charge in [-0.2, -0.15) is 0 Å². The van der Waals surface area contributed by atoms with Crippen LogP contribution >= 0.6 is 23.8 Å². The number of oxazole rings is 1. The zero-order valence-corrected chi connectivity index (χ0v) is 20.9. The molecule has 0 spiro atoms. The summed E-state index contributed by atoms with van der Waals surface area (Å²) >= 11 is 11.5. The van der Waals surface area contributed by atoms with Crippen LogP contribution in [-0.4, -0.2) is 23.1 Å². The van der Waals surface area contributed by atoms with Crippen molar-refractivity contribution in [3.05, 3.63) is 89.1 Å². The number of nitrogens with zero attached hydrogens (tertiary/aromatic N) is 1. The Morgan fingerprint density at radius 3 is 2.67 bits per heavy atom. The zero-order chi connectivity index (χ0) is 25.2. The largest absolute Gasteiger partial charge is 0.497 e. The predicted octanol–water partition coefficient (Wildman–Crippen LogP) is 6.85. The summed E-state index contributed by atoms with van der Waals surface area (Å²) in [5.41, 5.74) is 4.49. The topological polar surface area (TPSA) is 89.5 Å². The first-order chi connectivity index (χ1) is 17.4. The smallest absolute Gasteiger partial charge is 0.293 e. The SMILES string of the molecule is COc1ccc2oc(-c3cccc(NC(=S)NC(=O)c4ccc(-c5ccc(C)c(Cl)c5)o4)c3)nc2c1. The average molecular weight is 518 g/mol. The minimum Gasteiger partial charge on any atom is -0.497 e. The number of ether oxygens (including phenoxy) is 1. The van der Waals surface area contributed by atoms with Gasteiger partial charge >= 0.3 is 0 Å². The highest BCUT2D eigenvalue weighted by Crippen LogP contribution is 2.29. The molecule has 5 rings (SSSR count). The van der Waals surface area contributed by atoms with Crippen LogP contribution in [0.15, 0.2) is 81.6 Å². The monoisotopic (exact) mass is 517 g/mol. The molecule has 0 radical (unpaired) electrons. The molecule has 2 heterocycles. The van der Waals surface area contributed by atoms with Crippen molar-refractivity contribution in [2.75, 3.05) is 12.4 Å². The van der Waals surface area contributed by atoms with Gasteiger partial charge in [0, 0.05) is 27.9 Å². The fraction of sp³-hybridized carbons (Fsp3) is 0.0741. The highest BCUT2D eigenvalue weighted by molar-refractivity contribution is 7.80. The van der Waals surface area contributed by atoms with Crippen LogP contribution in [0, 0.1) is 6.92 Å². The third-order valence-corrected chi connectivity index (χ3v) is 6.09. The Bertz CT molecular complexity index is 1610. The van der Waals surface area contributed by atoms with Gasteiger partial charge in [0.15, 0.2) is 16.5 Å². The summed E-state index contributed by atoms with van der Waals surface area (Å²) in [6.45, 7) is 1.92. The van der Waals surface area contributed by atoms with Crippen molar-refractivity contribution < 1.29 is 18.4 Å². The van der Waals surface area contributed by atoms with Gasteiger partial charge in [0.25, 0.3) is 5.91 Å². The minimum absolute atomic E-state index is 0.121. The van der Waals surface area contributed by atoms with E-state index < -0.39 is 5.91 Å². The van der Waals surface area contributed by atoms with Gasteiger partial charge in [-0.3, -0.25) is 10.1 Å². The Morgan fingerprint density at radius 2 is 1.86 bits per heavy atom. The number of anilines is 1. The van der Waals surface area contributed by atoms with Crippen molar-refractivity contribution in [3.63, 3.8) is 0 Å². The van der Waals surface area contributed by atoms with Crippen LogP contribution in [0.1, 0.15) is 16.1 Å². The predicted molar refractivity (Wildman–Crippen MR) is 144 cm³/mol. The zero-order valence-electron chi connectivity index (χ0n) is 19.3. The van der Waals surface area contributed by atoms with E-state index in [1.54, 1.807) is 25.3 Å². The standard InChI is InChI=1S/C27H20ClN3O4S/c1-15-6-7-16(13-20(15)28)22-10-11-24(34-22)25(32)31-27(36)29-18-5-3-4-17(12-18)26-30-21-14-19(33-2)8-9-23(21)35-26/h3-14H,1-2H3,(H2,29,31,32,36). The number of rotatable bonds is 5. The van der Waals surface area contributed by atoms with Crippen LogP contribution in [0.5, 0.6) is 5.75 Å². The van der Waals surface area contributed by atoms with Crippen molar-refractivity contribution in [3.8, 4) is 28.5 Å². The summed E-state index contributed by atoms with van der Waals surface area (Å²) in [5.74, 6) is 1.34. The molecule has 0 saturated carbocycles. The van der Waals surface area contributed by atoms with E-state index in [1.165, 1.54) is 0 Å². The van der Waals surface area contributed by atoms with E-state index >= 15 is 0 Å². The van der Waals surface area contributed by atoms with E-state index in [9.17, 15) is 4.79 Å². The Kier molecular flexibility index (Phi) is 6.45. The maximum atomic E-state index is 12.7. The molecule has 1 amide bonds. The van der Waals surface area contributed by atoms with E-state index in [2.05, 4.69) is 15.6 Å². The van der Waals surface area contributed by atoms with Crippen molar-refractivity contribution in [1.82, 2.24) is 10.3 Å². The number of nitrogens with one attached hydrogen (secondary N) is 2. The van der Waals surface area contributed by atoms with Crippen LogP contribution in [0.3, 0.4) is 0 Å². The normalized spacial score (nSPS) is 10.9. The number of thiocarbonyl (C=S) groups is 1. The number of aromatic nitrogens is 1. The van der Waals surface area contributed by atoms with Crippen LogP contribution in [0.4, 0.5) is 5.69 Å². The number of halogens is 1. The number of carbonyl (C=O) groups excluding carboxylic acids is 1. The van der Waals surface area contributed by atoms with Gasteiger partial charge in [-0.25, -0.2) is 4.98 Å². The van der Waals surface area contributed by atoms with Crippen molar-refractivity contribution >= 4 is 51.6 Å². The fourth-order valence-corrected chi connectivity index (χ4v) is 3.97. The molecule has 3 aromatic carbocycles. The summed E-state index contributed by atoms with van der Waals surface area (Å²) in [5, 5.41) is 6.39. The van der Waals surface area contributed by atoms with Crippen LogP contribution in [0.25, 0.3) is 33.9 Å². The molecule has 180 valence electrons. The molecule has 7 nitrogen and oxygen atoms in total. The average Bonchev–Trinajstić information content (AvgIpc) is 3.53. The van der Waals surface area contributed by atoms with Gasteiger partial charge in [-0.1, -0.05) is 29.8 Å². The third-order valence-electron chi connectivity index (χ3n) is 5.48. The lowest BCUT2D eigenvalue weighted by atomic mass is 10.1. The van der Waals surface area contributed by atoms with Gasteiger partial charge in [-0.15, -0.1) is 0 Å². The third kappa shape index (κ3) is 4.95. The maximum Gasteiger partial charge on any atom is 0.293 e. The maximum absolute atomic E-state index is 12.7. The molecule has 0 saturated heterocycles. The van der Waals surface area contributed by atoms with Gasteiger partial charge in [0.05, 0.1) is 7.11 Å². The summed E-state index contributed by atoms with van der Waals surface area (Å²) in [6, 6.07) is 21.7. The first kappa shape index (κ1) is 23.6. The van der Waals surface area contributed by atoms with Gasteiger partial charge in [-0.05, 0) is 73.2 Å². The van der Waals surface area contributed by atoms with E-state index in [0.29, 0.717) is 39.2 Å². The van der Waals surface area contributed by atoms with Crippen molar-refractivity contribution in [1.29, 1.82) is 0 Å². The summed E-state index contributed by atoms with van der Waals surface area (Å²) in [7, 11) is 1.60. The number of benzene rings is 3. The number of carbonyl (C=O) groups is 1. The Balaban J connectivity index is 1.26. The highest BCUT2D eigenvalue weighted by atomic mass is 35.5. The Morgan fingerprint density at radius 1 is 1.00 bits per heavy atom. The molecule has 0 atom stereocenters. The second-order valence-electron chi connectivity index (χ2n) is 7.97. The molecule has 9 heteroatoms. The highest BCUT2D eigenvalue weighted by Gasteiger charge is 2.15. The second kappa shape index (κ2) is 9.85. The van der Waals surface area contributed by atoms with Gasteiger partial charge in [0.1, 0.15) is 17.0 Å². The molecule has 0 unspecified atom stereocenters. The van der Waals surface area contributed by atoms with Gasteiger partial charge in [0.2, 0.25) is 5.89 Å². The molecule has 0 bridgehead atoms. The van der Waals surface area contributed by atoms with Crippen molar-refractivity contribution in [2.24, 2.45) is 0 Å². The number of furan rings is 1. The van der Waals surface area contributed by atoms with Crippen LogP contribution in [0.2, 0.25) is 5.02 Å². The number of aryl methyl sites for hydroxylation is 1. The molecule has 2 aromatic heterocycles. The lowest BCUT2D eigenvalue weighted by Crippen LogP contribution is -2.33. The minimum atomic E-state index is -0.471. The molecule has 2 N–H and O–H groups in total. The Hall–Kier alpha value is -4.14.